The third-order valence-electron chi connectivity index (χ3n) is 4.32. The molecular formula is C16H29N3S. The summed E-state index contributed by atoms with van der Waals surface area (Å²) in [5, 5.41) is 5.79. The van der Waals surface area contributed by atoms with Gasteiger partial charge in [0, 0.05) is 37.1 Å². The zero-order valence-electron chi connectivity index (χ0n) is 13.2. The summed E-state index contributed by atoms with van der Waals surface area (Å²) in [6.45, 7) is 11.5. The molecule has 4 heteroatoms. The van der Waals surface area contributed by atoms with Crippen LogP contribution in [0.2, 0.25) is 0 Å². The van der Waals surface area contributed by atoms with E-state index in [9.17, 15) is 0 Å². The highest BCUT2D eigenvalue weighted by atomic mass is 32.1. The van der Waals surface area contributed by atoms with Crippen LogP contribution in [0.1, 0.15) is 30.2 Å². The first-order valence-electron chi connectivity index (χ1n) is 7.87. The standard InChI is InChI=1S/C16H29N3S/c1-4-15-13-18(3)8-5-9-19(15)10-7-17-12-16-14(2)6-11-20-16/h6,11,15,17H,4-5,7-10,12-13H2,1-3H3. The lowest BCUT2D eigenvalue weighted by Crippen LogP contribution is -2.42. The third-order valence-corrected chi connectivity index (χ3v) is 5.35. The van der Waals surface area contributed by atoms with Gasteiger partial charge in [-0.3, -0.25) is 4.90 Å². The molecule has 1 saturated heterocycles. The zero-order chi connectivity index (χ0) is 14.4. The number of nitrogens with zero attached hydrogens (tertiary/aromatic N) is 2. The Hall–Kier alpha value is -0.420. The van der Waals surface area contributed by atoms with Gasteiger partial charge in [0.15, 0.2) is 0 Å². The van der Waals surface area contributed by atoms with Crippen LogP contribution in [0.5, 0.6) is 0 Å². The average molecular weight is 295 g/mol. The molecule has 2 heterocycles. The number of aryl methyl sites for hydroxylation is 1. The molecule has 1 aromatic rings. The highest BCUT2D eigenvalue weighted by Gasteiger charge is 2.21. The smallest absolute Gasteiger partial charge is 0.0302 e. The zero-order valence-corrected chi connectivity index (χ0v) is 14.0. The first kappa shape index (κ1) is 16.0. The molecule has 1 unspecified atom stereocenters. The van der Waals surface area contributed by atoms with Crippen LogP contribution in [0.4, 0.5) is 0 Å². The lowest BCUT2D eigenvalue weighted by atomic mass is 10.2. The van der Waals surface area contributed by atoms with Gasteiger partial charge in [0.05, 0.1) is 0 Å². The van der Waals surface area contributed by atoms with Gasteiger partial charge in [-0.2, -0.15) is 0 Å². The maximum Gasteiger partial charge on any atom is 0.0302 e. The Morgan fingerprint density at radius 3 is 2.95 bits per heavy atom. The van der Waals surface area contributed by atoms with Crippen molar-refractivity contribution >= 4 is 11.3 Å². The quantitative estimate of drug-likeness (QED) is 0.814. The Morgan fingerprint density at radius 2 is 2.25 bits per heavy atom. The van der Waals surface area contributed by atoms with Crippen LogP contribution < -0.4 is 5.32 Å². The van der Waals surface area contributed by atoms with Gasteiger partial charge in [-0.1, -0.05) is 6.92 Å². The molecule has 0 aromatic carbocycles. The van der Waals surface area contributed by atoms with Gasteiger partial charge in [0.1, 0.15) is 0 Å². The molecule has 2 rings (SSSR count). The predicted octanol–water partition coefficient (Wildman–Crippen LogP) is 2.56. The maximum atomic E-state index is 3.61. The molecule has 0 spiro atoms. The molecule has 0 amide bonds. The molecule has 0 saturated carbocycles. The topological polar surface area (TPSA) is 18.5 Å². The fourth-order valence-corrected chi connectivity index (χ4v) is 3.86. The lowest BCUT2D eigenvalue weighted by molar-refractivity contribution is 0.184. The number of hydrogen-bond donors (Lipinski definition) is 1. The Kier molecular flexibility index (Phi) is 6.49. The van der Waals surface area contributed by atoms with E-state index < -0.39 is 0 Å². The molecule has 1 atom stereocenters. The second-order valence-electron chi connectivity index (χ2n) is 5.92. The van der Waals surface area contributed by atoms with Gasteiger partial charge in [-0.25, -0.2) is 0 Å². The molecule has 3 nitrogen and oxygen atoms in total. The summed E-state index contributed by atoms with van der Waals surface area (Å²) in [5.74, 6) is 0. The maximum absolute atomic E-state index is 3.61. The number of likely N-dealkylation sites (N-methyl/N-ethyl adjacent to an activating group) is 1. The van der Waals surface area contributed by atoms with E-state index in [0.29, 0.717) is 0 Å². The van der Waals surface area contributed by atoms with Crippen molar-refractivity contribution in [3.63, 3.8) is 0 Å². The van der Waals surface area contributed by atoms with Crippen LogP contribution in [-0.2, 0) is 6.54 Å². The summed E-state index contributed by atoms with van der Waals surface area (Å²) < 4.78 is 0. The highest BCUT2D eigenvalue weighted by molar-refractivity contribution is 7.10. The highest BCUT2D eigenvalue weighted by Crippen LogP contribution is 2.15. The molecule has 20 heavy (non-hydrogen) atoms. The minimum atomic E-state index is 0.729. The monoisotopic (exact) mass is 295 g/mol. The van der Waals surface area contributed by atoms with E-state index in [1.165, 1.54) is 49.5 Å². The van der Waals surface area contributed by atoms with E-state index >= 15 is 0 Å². The van der Waals surface area contributed by atoms with Crippen LogP contribution in [0.3, 0.4) is 0 Å². The largest absolute Gasteiger partial charge is 0.311 e. The van der Waals surface area contributed by atoms with E-state index in [1.807, 2.05) is 11.3 Å². The SMILES string of the molecule is CCC1CN(C)CCCN1CCNCc1sccc1C. The van der Waals surface area contributed by atoms with E-state index in [1.54, 1.807) is 0 Å². The summed E-state index contributed by atoms with van der Waals surface area (Å²) >= 11 is 1.86. The fourth-order valence-electron chi connectivity index (χ4n) is 2.98. The molecule has 1 N–H and O–H groups in total. The summed E-state index contributed by atoms with van der Waals surface area (Å²) in [4.78, 5) is 6.64. The minimum Gasteiger partial charge on any atom is -0.311 e. The van der Waals surface area contributed by atoms with Crippen LogP contribution in [-0.4, -0.2) is 55.6 Å². The summed E-state index contributed by atoms with van der Waals surface area (Å²) in [7, 11) is 2.25. The molecular weight excluding hydrogens is 266 g/mol. The van der Waals surface area contributed by atoms with Gasteiger partial charge in [0.25, 0.3) is 0 Å². The van der Waals surface area contributed by atoms with Crippen molar-refractivity contribution in [1.29, 1.82) is 0 Å². The van der Waals surface area contributed by atoms with Gasteiger partial charge in [-0.05, 0) is 56.9 Å². The van der Waals surface area contributed by atoms with Crippen molar-refractivity contribution < 1.29 is 0 Å². The van der Waals surface area contributed by atoms with Gasteiger partial charge >= 0.3 is 0 Å². The molecule has 0 bridgehead atoms. The lowest BCUT2D eigenvalue weighted by Gasteiger charge is -2.30. The summed E-state index contributed by atoms with van der Waals surface area (Å²) in [6, 6.07) is 2.94. The molecule has 1 aliphatic rings. The van der Waals surface area contributed by atoms with Crippen LogP contribution in [0, 0.1) is 6.92 Å². The van der Waals surface area contributed by atoms with Crippen molar-refractivity contribution in [1.82, 2.24) is 15.1 Å². The van der Waals surface area contributed by atoms with Crippen molar-refractivity contribution in [3.05, 3.63) is 21.9 Å². The molecule has 114 valence electrons. The second-order valence-corrected chi connectivity index (χ2v) is 6.92. The molecule has 0 aliphatic carbocycles. The number of nitrogens with one attached hydrogen (secondary N) is 1. The van der Waals surface area contributed by atoms with E-state index in [4.69, 9.17) is 0 Å². The number of thiophene rings is 1. The second kappa shape index (κ2) is 8.13. The van der Waals surface area contributed by atoms with Gasteiger partial charge < -0.3 is 10.2 Å². The summed E-state index contributed by atoms with van der Waals surface area (Å²) in [5.41, 5.74) is 1.42. The van der Waals surface area contributed by atoms with E-state index in [2.05, 4.69) is 47.5 Å². The Bertz CT molecular complexity index is 391. The number of rotatable bonds is 6. The first-order valence-corrected chi connectivity index (χ1v) is 8.75. The van der Waals surface area contributed by atoms with Crippen molar-refractivity contribution in [2.45, 2.75) is 39.3 Å². The van der Waals surface area contributed by atoms with Crippen molar-refractivity contribution in [3.8, 4) is 0 Å². The van der Waals surface area contributed by atoms with Crippen LogP contribution in [0.15, 0.2) is 11.4 Å². The van der Waals surface area contributed by atoms with Gasteiger partial charge in [-0.15, -0.1) is 11.3 Å². The van der Waals surface area contributed by atoms with Crippen LogP contribution in [0.25, 0.3) is 0 Å². The molecule has 1 aromatic heterocycles. The Morgan fingerprint density at radius 1 is 1.40 bits per heavy atom. The fraction of sp³-hybridized carbons (Fsp3) is 0.750. The minimum absolute atomic E-state index is 0.729. The predicted molar refractivity (Wildman–Crippen MR) is 88.5 cm³/mol. The molecule has 1 fully saturated rings. The van der Waals surface area contributed by atoms with Crippen molar-refractivity contribution in [2.24, 2.45) is 0 Å². The van der Waals surface area contributed by atoms with Gasteiger partial charge in [0.2, 0.25) is 0 Å². The van der Waals surface area contributed by atoms with E-state index in [-0.39, 0.29) is 0 Å². The normalized spacial score (nSPS) is 22.1. The third kappa shape index (κ3) is 4.55. The number of hydrogen-bond acceptors (Lipinski definition) is 4. The Balaban J connectivity index is 1.73. The van der Waals surface area contributed by atoms with E-state index in [0.717, 1.165) is 19.1 Å². The van der Waals surface area contributed by atoms with Crippen LogP contribution >= 0.6 is 11.3 Å². The Labute approximate surface area is 128 Å². The molecule has 0 radical (unpaired) electrons. The van der Waals surface area contributed by atoms with Crippen molar-refractivity contribution in [2.75, 3.05) is 39.8 Å². The average Bonchev–Trinajstić information content (AvgIpc) is 2.75. The summed E-state index contributed by atoms with van der Waals surface area (Å²) in [6.07, 6.45) is 2.56. The molecule has 1 aliphatic heterocycles. The first-order chi connectivity index (χ1) is 9.70.